The van der Waals surface area contributed by atoms with Gasteiger partial charge in [-0.15, -0.1) is 0 Å². The molecule has 0 aliphatic heterocycles. The minimum Gasteiger partial charge on any atom is -0.506 e. The van der Waals surface area contributed by atoms with Gasteiger partial charge in [-0.05, 0) is 26.0 Å². The van der Waals surface area contributed by atoms with Gasteiger partial charge in [-0.3, -0.25) is 4.79 Å². The molecular weight excluding hydrogens is 294 g/mol. The summed E-state index contributed by atoms with van der Waals surface area (Å²) in [4.78, 5) is 25.9. The summed E-state index contributed by atoms with van der Waals surface area (Å²) >= 11 is 0. The second kappa shape index (κ2) is 6.96. The number of aromatic hydroxyl groups is 1. The van der Waals surface area contributed by atoms with Gasteiger partial charge in [0.1, 0.15) is 11.3 Å². The summed E-state index contributed by atoms with van der Waals surface area (Å²) in [6, 6.07) is 11.5. The number of phenols is 1. The van der Waals surface area contributed by atoms with Crippen LogP contribution in [0.25, 0.3) is 0 Å². The number of aromatic carboxylic acids is 1. The lowest BCUT2D eigenvalue weighted by Crippen LogP contribution is -2.24. The SMILES string of the molecule is CCN(CC)c1ccc(C(=O)c2ccccc2)c(O)c1C(=O)O. The van der Waals surface area contributed by atoms with E-state index < -0.39 is 17.5 Å². The highest BCUT2D eigenvalue weighted by Crippen LogP contribution is 2.33. The maximum absolute atomic E-state index is 12.5. The fraction of sp³-hybridized carbons (Fsp3) is 0.222. The zero-order chi connectivity index (χ0) is 17.0. The summed E-state index contributed by atoms with van der Waals surface area (Å²) in [7, 11) is 0. The Balaban J connectivity index is 2.58. The Kier molecular flexibility index (Phi) is 5.01. The fourth-order valence-corrected chi connectivity index (χ4v) is 2.55. The summed E-state index contributed by atoms with van der Waals surface area (Å²) < 4.78 is 0. The van der Waals surface area contributed by atoms with Crippen LogP contribution in [0.2, 0.25) is 0 Å². The number of carboxylic acids is 1. The van der Waals surface area contributed by atoms with Crippen molar-refractivity contribution in [3.8, 4) is 5.75 Å². The molecule has 0 aromatic heterocycles. The average Bonchev–Trinajstić information content (AvgIpc) is 2.56. The number of hydrogen-bond donors (Lipinski definition) is 2. The number of ketones is 1. The van der Waals surface area contributed by atoms with Gasteiger partial charge < -0.3 is 15.1 Å². The first-order valence-corrected chi connectivity index (χ1v) is 7.45. The highest BCUT2D eigenvalue weighted by Gasteiger charge is 2.24. The standard InChI is InChI=1S/C18H19NO4/c1-3-19(4-2)14-11-10-13(17(21)15(14)18(22)23)16(20)12-8-6-5-7-9-12/h5-11,21H,3-4H2,1-2H3,(H,22,23). The number of carbonyl (C=O) groups is 2. The lowest BCUT2D eigenvalue weighted by Gasteiger charge is -2.24. The zero-order valence-corrected chi connectivity index (χ0v) is 13.1. The zero-order valence-electron chi connectivity index (χ0n) is 13.1. The molecule has 0 saturated carbocycles. The Morgan fingerprint density at radius 2 is 1.61 bits per heavy atom. The van der Waals surface area contributed by atoms with E-state index in [1.165, 1.54) is 6.07 Å². The number of nitrogens with zero attached hydrogens (tertiary/aromatic N) is 1. The van der Waals surface area contributed by atoms with Crippen LogP contribution in [0.15, 0.2) is 42.5 Å². The molecule has 2 N–H and O–H groups in total. The lowest BCUT2D eigenvalue weighted by atomic mass is 9.98. The molecule has 0 saturated heterocycles. The number of hydrogen-bond acceptors (Lipinski definition) is 4. The van der Waals surface area contributed by atoms with Crippen molar-refractivity contribution in [1.82, 2.24) is 0 Å². The van der Waals surface area contributed by atoms with Gasteiger partial charge in [0.05, 0.1) is 11.3 Å². The van der Waals surface area contributed by atoms with Crippen molar-refractivity contribution >= 4 is 17.4 Å². The summed E-state index contributed by atoms with van der Waals surface area (Å²) in [5, 5.41) is 19.8. The van der Waals surface area contributed by atoms with E-state index >= 15 is 0 Å². The molecule has 0 aliphatic rings. The number of rotatable bonds is 6. The monoisotopic (exact) mass is 313 g/mol. The second-order valence-corrected chi connectivity index (χ2v) is 5.03. The Morgan fingerprint density at radius 3 is 2.13 bits per heavy atom. The van der Waals surface area contributed by atoms with Crippen molar-refractivity contribution in [3.05, 3.63) is 59.2 Å². The van der Waals surface area contributed by atoms with Crippen molar-refractivity contribution in [3.63, 3.8) is 0 Å². The highest BCUT2D eigenvalue weighted by molar-refractivity contribution is 6.13. The van der Waals surface area contributed by atoms with Crippen LogP contribution in [-0.4, -0.2) is 35.1 Å². The Labute approximate surface area is 134 Å². The van der Waals surface area contributed by atoms with E-state index in [1.54, 1.807) is 36.4 Å². The van der Waals surface area contributed by atoms with Crippen molar-refractivity contribution in [2.24, 2.45) is 0 Å². The molecule has 0 atom stereocenters. The van der Waals surface area contributed by atoms with Crippen LogP contribution < -0.4 is 4.90 Å². The van der Waals surface area contributed by atoms with E-state index in [4.69, 9.17) is 0 Å². The maximum Gasteiger partial charge on any atom is 0.341 e. The van der Waals surface area contributed by atoms with Gasteiger partial charge in [0, 0.05) is 18.7 Å². The number of benzene rings is 2. The smallest absolute Gasteiger partial charge is 0.341 e. The van der Waals surface area contributed by atoms with E-state index in [0.717, 1.165) is 0 Å². The van der Waals surface area contributed by atoms with Crippen molar-refractivity contribution in [2.75, 3.05) is 18.0 Å². The third-order valence-electron chi connectivity index (χ3n) is 3.75. The van der Waals surface area contributed by atoms with Crippen molar-refractivity contribution in [1.29, 1.82) is 0 Å². The Morgan fingerprint density at radius 1 is 1.00 bits per heavy atom. The van der Waals surface area contributed by atoms with Gasteiger partial charge >= 0.3 is 5.97 Å². The summed E-state index contributed by atoms with van der Waals surface area (Å²) in [5.41, 5.74) is 0.555. The molecule has 0 aliphatic carbocycles. The number of anilines is 1. The van der Waals surface area contributed by atoms with Gasteiger partial charge in [-0.1, -0.05) is 30.3 Å². The number of carbonyl (C=O) groups excluding carboxylic acids is 1. The first-order chi connectivity index (χ1) is 11.0. The minimum absolute atomic E-state index is 0.00972. The number of carboxylic acid groups (broad SMARTS) is 1. The van der Waals surface area contributed by atoms with Gasteiger partial charge in [-0.25, -0.2) is 4.79 Å². The molecule has 2 aromatic carbocycles. The summed E-state index contributed by atoms with van der Waals surface area (Å²) in [6.45, 7) is 4.99. The fourth-order valence-electron chi connectivity index (χ4n) is 2.55. The molecule has 23 heavy (non-hydrogen) atoms. The van der Waals surface area contributed by atoms with Crippen LogP contribution in [0.1, 0.15) is 40.1 Å². The molecule has 120 valence electrons. The van der Waals surface area contributed by atoms with Crippen molar-refractivity contribution < 1.29 is 19.8 Å². The Hall–Kier alpha value is -2.82. The minimum atomic E-state index is -1.26. The molecule has 0 bridgehead atoms. The van der Waals surface area contributed by atoms with Gasteiger partial charge in [0.2, 0.25) is 0 Å². The summed E-state index contributed by atoms with van der Waals surface area (Å²) in [6.07, 6.45) is 0. The molecule has 0 amide bonds. The molecule has 5 heteroatoms. The first kappa shape index (κ1) is 16.5. The van der Waals surface area contributed by atoms with Gasteiger partial charge in [0.15, 0.2) is 5.78 Å². The predicted octanol–water partition coefficient (Wildman–Crippen LogP) is 3.17. The quantitative estimate of drug-likeness (QED) is 0.801. The van der Waals surface area contributed by atoms with Gasteiger partial charge in [-0.2, -0.15) is 0 Å². The largest absolute Gasteiger partial charge is 0.506 e. The molecule has 0 spiro atoms. The van der Waals surface area contributed by atoms with Crippen LogP contribution in [0.4, 0.5) is 5.69 Å². The molecule has 2 rings (SSSR count). The third kappa shape index (κ3) is 3.18. The second-order valence-electron chi connectivity index (χ2n) is 5.03. The highest BCUT2D eigenvalue weighted by atomic mass is 16.4. The van der Waals surface area contributed by atoms with E-state index in [9.17, 15) is 19.8 Å². The molecule has 2 aromatic rings. The lowest BCUT2D eigenvalue weighted by molar-refractivity contribution is 0.0694. The van der Waals surface area contributed by atoms with Crippen LogP contribution in [0.3, 0.4) is 0 Å². The van der Waals surface area contributed by atoms with Crippen molar-refractivity contribution in [2.45, 2.75) is 13.8 Å². The van der Waals surface area contributed by atoms with Gasteiger partial charge in [0.25, 0.3) is 0 Å². The Bertz CT molecular complexity index is 721. The van der Waals surface area contributed by atoms with E-state index in [0.29, 0.717) is 24.3 Å². The molecule has 0 fully saturated rings. The topological polar surface area (TPSA) is 77.8 Å². The average molecular weight is 313 g/mol. The third-order valence-corrected chi connectivity index (χ3v) is 3.75. The molecule has 0 heterocycles. The van der Waals surface area contributed by atoms with Crippen LogP contribution in [-0.2, 0) is 0 Å². The van der Waals surface area contributed by atoms with E-state index in [1.807, 2.05) is 18.7 Å². The van der Waals surface area contributed by atoms with Crippen LogP contribution >= 0.6 is 0 Å². The molecule has 5 nitrogen and oxygen atoms in total. The molecule has 0 radical (unpaired) electrons. The normalized spacial score (nSPS) is 10.3. The first-order valence-electron chi connectivity index (χ1n) is 7.45. The molecule has 0 unspecified atom stereocenters. The van der Waals surface area contributed by atoms with E-state index in [2.05, 4.69) is 0 Å². The maximum atomic E-state index is 12.5. The van der Waals surface area contributed by atoms with Crippen LogP contribution in [0, 0.1) is 0 Å². The molecular formula is C18H19NO4. The predicted molar refractivity (Wildman–Crippen MR) is 88.5 cm³/mol. The van der Waals surface area contributed by atoms with Crippen LogP contribution in [0.5, 0.6) is 5.75 Å². The van der Waals surface area contributed by atoms with E-state index in [-0.39, 0.29) is 11.1 Å². The summed E-state index contributed by atoms with van der Waals surface area (Å²) in [5.74, 6) is -2.15.